The molecule has 0 radical (unpaired) electrons. The van der Waals surface area contributed by atoms with Crippen LogP contribution in [0.25, 0.3) is 0 Å². The minimum atomic E-state index is 0.753. The van der Waals surface area contributed by atoms with Gasteiger partial charge < -0.3 is 4.74 Å². The van der Waals surface area contributed by atoms with E-state index >= 15 is 0 Å². The zero-order valence-corrected chi connectivity index (χ0v) is 17.2. The molecule has 2 fully saturated rings. The molecule has 2 aliphatic carbocycles. The summed E-state index contributed by atoms with van der Waals surface area (Å²) in [6.45, 7) is 5.14. The molecule has 0 bridgehead atoms. The first-order valence-electron chi connectivity index (χ1n) is 11.5. The van der Waals surface area contributed by atoms with Crippen molar-refractivity contribution in [2.24, 2.45) is 23.7 Å². The van der Waals surface area contributed by atoms with E-state index in [0.717, 1.165) is 36.0 Å². The number of aryl methyl sites for hydroxylation is 1. The SMILES string of the molecule is CCC[C@H]1CC[C@H]([C@H]2CC[C@H](CCc3ccc(OCC)cc3)CC2)CC1. The number of ether oxygens (including phenoxy) is 1. The summed E-state index contributed by atoms with van der Waals surface area (Å²) in [5.41, 5.74) is 1.48. The van der Waals surface area contributed by atoms with Crippen LogP contribution in [0.3, 0.4) is 0 Å². The van der Waals surface area contributed by atoms with Crippen LogP contribution in [0.5, 0.6) is 5.75 Å². The van der Waals surface area contributed by atoms with Crippen LogP contribution >= 0.6 is 0 Å². The first-order chi connectivity index (χ1) is 12.8. The lowest BCUT2D eigenvalue weighted by Crippen LogP contribution is -2.26. The Bertz CT molecular complexity index is 489. The molecule has 1 aromatic carbocycles. The topological polar surface area (TPSA) is 9.23 Å². The second kappa shape index (κ2) is 10.4. The maximum Gasteiger partial charge on any atom is 0.119 e. The smallest absolute Gasteiger partial charge is 0.119 e. The quantitative estimate of drug-likeness (QED) is 0.470. The highest BCUT2D eigenvalue weighted by atomic mass is 16.5. The zero-order chi connectivity index (χ0) is 18.2. The highest BCUT2D eigenvalue weighted by Crippen LogP contribution is 2.42. The molecule has 1 nitrogen and oxygen atoms in total. The van der Waals surface area contributed by atoms with E-state index in [1.165, 1.54) is 82.6 Å². The monoisotopic (exact) mass is 356 g/mol. The van der Waals surface area contributed by atoms with Crippen LogP contribution in [-0.4, -0.2) is 6.61 Å². The van der Waals surface area contributed by atoms with Crippen molar-refractivity contribution in [3.8, 4) is 5.75 Å². The van der Waals surface area contributed by atoms with Gasteiger partial charge in [-0.25, -0.2) is 0 Å². The summed E-state index contributed by atoms with van der Waals surface area (Å²) >= 11 is 0. The van der Waals surface area contributed by atoms with Crippen LogP contribution in [0, 0.1) is 23.7 Å². The predicted molar refractivity (Wildman–Crippen MR) is 112 cm³/mol. The van der Waals surface area contributed by atoms with Crippen LogP contribution in [0.1, 0.15) is 90.0 Å². The first-order valence-corrected chi connectivity index (χ1v) is 11.5. The van der Waals surface area contributed by atoms with E-state index in [-0.39, 0.29) is 0 Å². The van der Waals surface area contributed by atoms with E-state index in [2.05, 4.69) is 31.2 Å². The van der Waals surface area contributed by atoms with Crippen molar-refractivity contribution in [2.45, 2.75) is 90.9 Å². The van der Waals surface area contributed by atoms with Gasteiger partial charge in [-0.3, -0.25) is 0 Å². The molecule has 0 aliphatic heterocycles. The lowest BCUT2D eigenvalue weighted by atomic mass is 9.68. The van der Waals surface area contributed by atoms with Gasteiger partial charge in [0.25, 0.3) is 0 Å². The summed E-state index contributed by atoms with van der Waals surface area (Å²) in [5.74, 6) is 5.15. The molecule has 1 heteroatoms. The van der Waals surface area contributed by atoms with Gasteiger partial charge >= 0.3 is 0 Å². The van der Waals surface area contributed by atoms with Crippen LogP contribution in [0.4, 0.5) is 0 Å². The fourth-order valence-electron chi connectivity index (χ4n) is 5.59. The van der Waals surface area contributed by atoms with Gasteiger partial charge in [-0.15, -0.1) is 0 Å². The first kappa shape index (κ1) is 19.8. The minimum Gasteiger partial charge on any atom is -0.494 e. The molecule has 26 heavy (non-hydrogen) atoms. The molecule has 0 atom stereocenters. The van der Waals surface area contributed by atoms with Gasteiger partial charge in [-0.2, -0.15) is 0 Å². The van der Waals surface area contributed by atoms with Gasteiger partial charge in [0.05, 0.1) is 6.61 Å². The average Bonchev–Trinajstić information content (AvgIpc) is 2.69. The van der Waals surface area contributed by atoms with Gasteiger partial charge in [-0.05, 0) is 86.8 Å². The predicted octanol–water partition coefficient (Wildman–Crippen LogP) is 7.43. The van der Waals surface area contributed by atoms with Crippen LogP contribution in [-0.2, 0) is 6.42 Å². The summed E-state index contributed by atoms with van der Waals surface area (Å²) in [7, 11) is 0. The zero-order valence-electron chi connectivity index (χ0n) is 17.2. The van der Waals surface area contributed by atoms with Gasteiger partial charge in [0.2, 0.25) is 0 Å². The molecule has 1 aromatic rings. The second-order valence-electron chi connectivity index (χ2n) is 8.97. The van der Waals surface area contributed by atoms with Crippen molar-refractivity contribution in [1.82, 2.24) is 0 Å². The average molecular weight is 357 g/mol. The minimum absolute atomic E-state index is 0.753. The van der Waals surface area contributed by atoms with E-state index in [1.54, 1.807) is 0 Å². The Morgan fingerprint density at radius 1 is 0.731 bits per heavy atom. The molecule has 2 saturated carbocycles. The Balaban J connectivity index is 1.35. The third kappa shape index (κ3) is 5.76. The van der Waals surface area contributed by atoms with Gasteiger partial charge in [0.1, 0.15) is 5.75 Å². The number of hydrogen-bond donors (Lipinski definition) is 0. The Hall–Kier alpha value is -0.980. The molecule has 0 spiro atoms. The third-order valence-corrected chi connectivity index (χ3v) is 7.22. The molecular weight excluding hydrogens is 316 g/mol. The molecule has 0 aromatic heterocycles. The van der Waals surface area contributed by atoms with Crippen LogP contribution in [0.15, 0.2) is 24.3 Å². The molecule has 3 rings (SSSR count). The summed E-state index contributed by atoms with van der Waals surface area (Å²) in [6.07, 6.45) is 17.6. The van der Waals surface area contributed by atoms with E-state index in [0.29, 0.717) is 0 Å². The Kier molecular flexibility index (Phi) is 7.89. The molecule has 0 saturated heterocycles. The summed E-state index contributed by atoms with van der Waals surface area (Å²) in [4.78, 5) is 0. The number of rotatable bonds is 8. The summed E-state index contributed by atoms with van der Waals surface area (Å²) in [6, 6.07) is 8.77. The Morgan fingerprint density at radius 2 is 1.27 bits per heavy atom. The van der Waals surface area contributed by atoms with Gasteiger partial charge in [0, 0.05) is 0 Å². The highest BCUT2D eigenvalue weighted by molar-refractivity contribution is 5.27. The fourth-order valence-corrected chi connectivity index (χ4v) is 5.59. The molecule has 0 heterocycles. The van der Waals surface area contributed by atoms with E-state index < -0.39 is 0 Å². The standard InChI is InChI=1S/C25H40O/c1-3-5-20-8-14-23(15-9-20)24-16-10-21(11-17-24)6-7-22-12-18-25(19-13-22)26-4-2/h12-13,18-21,23-24H,3-11,14-17H2,1-2H3/t20-,21-,23-,24-. The van der Waals surface area contributed by atoms with E-state index in [4.69, 9.17) is 4.74 Å². The van der Waals surface area contributed by atoms with Crippen molar-refractivity contribution in [3.05, 3.63) is 29.8 Å². The lowest BCUT2D eigenvalue weighted by Gasteiger charge is -2.38. The second-order valence-corrected chi connectivity index (χ2v) is 8.97. The highest BCUT2D eigenvalue weighted by Gasteiger charge is 2.30. The normalized spacial score (nSPS) is 29.5. The molecule has 0 amide bonds. The van der Waals surface area contributed by atoms with Gasteiger partial charge in [0.15, 0.2) is 0 Å². The van der Waals surface area contributed by atoms with Crippen molar-refractivity contribution >= 4 is 0 Å². The maximum atomic E-state index is 5.54. The van der Waals surface area contributed by atoms with Crippen molar-refractivity contribution in [3.63, 3.8) is 0 Å². The molecule has 0 N–H and O–H groups in total. The largest absolute Gasteiger partial charge is 0.494 e. The van der Waals surface area contributed by atoms with Crippen LogP contribution < -0.4 is 4.74 Å². The molecule has 2 aliphatic rings. The third-order valence-electron chi connectivity index (χ3n) is 7.22. The number of benzene rings is 1. The summed E-state index contributed by atoms with van der Waals surface area (Å²) in [5, 5.41) is 0. The Morgan fingerprint density at radius 3 is 1.77 bits per heavy atom. The van der Waals surface area contributed by atoms with E-state index in [9.17, 15) is 0 Å². The fraction of sp³-hybridized carbons (Fsp3) is 0.760. The molecule has 0 unspecified atom stereocenters. The maximum absolute atomic E-state index is 5.54. The summed E-state index contributed by atoms with van der Waals surface area (Å²) < 4.78 is 5.54. The van der Waals surface area contributed by atoms with Crippen molar-refractivity contribution < 1.29 is 4.74 Å². The molecule has 146 valence electrons. The van der Waals surface area contributed by atoms with Gasteiger partial charge in [-0.1, -0.05) is 57.6 Å². The number of hydrogen-bond acceptors (Lipinski definition) is 1. The lowest BCUT2D eigenvalue weighted by molar-refractivity contribution is 0.141. The van der Waals surface area contributed by atoms with Crippen LogP contribution in [0.2, 0.25) is 0 Å². The Labute approximate surface area is 161 Å². The van der Waals surface area contributed by atoms with Crippen molar-refractivity contribution in [2.75, 3.05) is 6.61 Å². The van der Waals surface area contributed by atoms with E-state index in [1.807, 2.05) is 6.92 Å². The molecular formula is C25H40O. The van der Waals surface area contributed by atoms with Crippen molar-refractivity contribution in [1.29, 1.82) is 0 Å².